The summed E-state index contributed by atoms with van der Waals surface area (Å²) in [6.07, 6.45) is -3.45. The first-order chi connectivity index (χ1) is 16.4. The van der Waals surface area contributed by atoms with Gasteiger partial charge in [-0.1, -0.05) is 27.2 Å². The number of carbonyl (C=O) groups is 1. The van der Waals surface area contributed by atoms with Gasteiger partial charge >= 0.3 is 11.9 Å². The van der Waals surface area contributed by atoms with E-state index in [9.17, 15) is 31.9 Å². The van der Waals surface area contributed by atoms with Gasteiger partial charge in [0.2, 0.25) is 5.91 Å². The Hall–Kier alpha value is -3.44. The predicted octanol–water partition coefficient (Wildman–Crippen LogP) is 4.07. The smallest absolute Gasteiger partial charge is 0.326 e. The Labute approximate surface area is 198 Å². The van der Waals surface area contributed by atoms with Crippen LogP contribution in [0.3, 0.4) is 0 Å². The summed E-state index contributed by atoms with van der Waals surface area (Å²) in [6.45, 7) is 6.63. The maximum atomic E-state index is 13.5. The highest BCUT2D eigenvalue weighted by atomic mass is 19.4. The zero-order chi connectivity index (χ0) is 25.9. The van der Waals surface area contributed by atoms with E-state index in [4.69, 9.17) is 0 Å². The number of aryl methyl sites for hydroxylation is 2. The van der Waals surface area contributed by atoms with Gasteiger partial charge in [0.15, 0.2) is 11.2 Å². The second-order valence-corrected chi connectivity index (χ2v) is 8.71. The summed E-state index contributed by atoms with van der Waals surface area (Å²) in [7, 11) is 0. The number of hydrogen-bond donors (Lipinski definition) is 2. The highest BCUT2D eigenvalue weighted by Crippen LogP contribution is 2.33. The fraction of sp³-hybridized carbons (Fsp3) is 0.478. The van der Waals surface area contributed by atoms with Crippen LogP contribution in [0.4, 0.5) is 23.2 Å². The van der Waals surface area contributed by atoms with E-state index in [1.807, 2.05) is 20.8 Å². The van der Waals surface area contributed by atoms with Gasteiger partial charge in [-0.25, -0.2) is 14.2 Å². The molecule has 35 heavy (non-hydrogen) atoms. The molecule has 0 aliphatic carbocycles. The fourth-order valence-electron chi connectivity index (χ4n) is 3.76. The summed E-state index contributed by atoms with van der Waals surface area (Å²) in [4.78, 5) is 44.3. The largest absolute Gasteiger partial charge is 0.419 e. The molecule has 0 fully saturated rings. The molecule has 3 rings (SSSR count). The van der Waals surface area contributed by atoms with E-state index in [0.717, 1.165) is 12.5 Å². The van der Waals surface area contributed by atoms with Crippen molar-refractivity contribution in [3.63, 3.8) is 0 Å². The Morgan fingerprint density at radius 1 is 1.20 bits per heavy atom. The zero-order valence-electron chi connectivity index (χ0n) is 19.6. The van der Waals surface area contributed by atoms with Crippen molar-refractivity contribution in [2.75, 3.05) is 5.32 Å². The van der Waals surface area contributed by atoms with Gasteiger partial charge in [0.1, 0.15) is 11.6 Å². The third-order valence-electron chi connectivity index (χ3n) is 5.38. The molecule has 12 heteroatoms. The van der Waals surface area contributed by atoms with E-state index in [2.05, 4.69) is 15.3 Å². The number of hydrogen-bond acceptors (Lipinski definition) is 4. The number of halogens is 4. The van der Waals surface area contributed by atoms with E-state index in [1.165, 1.54) is 4.57 Å². The number of H-pyrrole nitrogens is 1. The topological polar surface area (TPSA) is 102 Å². The van der Waals surface area contributed by atoms with E-state index in [-0.39, 0.29) is 35.6 Å². The van der Waals surface area contributed by atoms with Crippen molar-refractivity contribution < 1.29 is 22.4 Å². The van der Waals surface area contributed by atoms with Crippen molar-refractivity contribution in [2.45, 2.75) is 65.7 Å². The lowest BCUT2D eigenvalue weighted by Gasteiger charge is -2.12. The Morgan fingerprint density at radius 3 is 2.54 bits per heavy atom. The van der Waals surface area contributed by atoms with Crippen LogP contribution >= 0.6 is 0 Å². The molecule has 0 aliphatic rings. The number of aromatic nitrogens is 4. The summed E-state index contributed by atoms with van der Waals surface area (Å²) in [5.74, 6) is -1.52. The molecule has 0 atom stereocenters. The van der Waals surface area contributed by atoms with Crippen LogP contribution in [0.1, 0.15) is 51.4 Å². The first-order valence-electron chi connectivity index (χ1n) is 11.3. The van der Waals surface area contributed by atoms with Crippen molar-refractivity contribution in [1.29, 1.82) is 0 Å². The van der Waals surface area contributed by atoms with Crippen molar-refractivity contribution in [1.82, 2.24) is 19.1 Å². The van der Waals surface area contributed by atoms with Gasteiger partial charge in [-0.15, -0.1) is 0 Å². The number of carbonyl (C=O) groups excluding carboxylic acids is 1. The lowest BCUT2D eigenvalue weighted by molar-refractivity contribution is -0.140. The number of nitrogens with zero attached hydrogens (tertiary/aromatic N) is 3. The van der Waals surface area contributed by atoms with Gasteiger partial charge in [0, 0.05) is 31.6 Å². The van der Waals surface area contributed by atoms with Crippen molar-refractivity contribution >= 4 is 22.8 Å². The van der Waals surface area contributed by atoms with Gasteiger partial charge < -0.3 is 9.88 Å². The monoisotopic (exact) mass is 497 g/mol. The standard InChI is InChI=1S/C23H27F4N5O3/c1-4-5-10-31-20-19(21(34)30-22(31)35)32(12-13(2)3)17(29-20)8-9-18(33)28-14-6-7-16(24)15(11-14)23(25,26)27/h6-7,11,13H,4-5,8-10,12H2,1-3H3,(H,28,33)(H,30,34,35). The number of aromatic amines is 1. The number of unbranched alkanes of at least 4 members (excludes halogenated alkanes) is 1. The van der Waals surface area contributed by atoms with Gasteiger partial charge in [0.05, 0.1) is 5.56 Å². The molecule has 2 N–H and O–H groups in total. The number of rotatable bonds is 9. The molecule has 2 heterocycles. The van der Waals surface area contributed by atoms with Gasteiger partial charge in [-0.2, -0.15) is 13.2 Å². The molecule has 1 aromatic carbocycles. The number of benzene rings is 1. The summed E-state index contributed by atoms with van der Waals surface area (Å²) in [5.41, 5.74) is -2.34. The van der Waals surface area contributed by atoms with Crippen molar-refractivity contribution in [3.8, 4) is 0 Å². The second-order valence-electron chi connectivity index (χ2n) is 8.71. The second kappa shape index (κ2) is 10.4. The SMILES string of the molecule is CCCCn1c(=O)[nH]c(=O)c2c1nc(CCC(=O)Nc1ccc(F)c(C(F)(F)F)c1)n2CC(C)C. The summed E-state index contributed by atoms with van der Waals surface area (Å²) in [6, 6.07) is 2.22. The maximum Gasteiger partial charge on any atom is 0.419 e. The average Bonchev–Trinajstić information content (AvgIpc) is 3.10. The molecule has 1 amide bonds. The van der Waals surface area contributed by atoms with Crippen LogP contribution in [0.2, 0.25) is 0 Å². The summed E-state index contributed by atoms with van der Waals surface area (Å²) in [5, 5.41) is 2.34. The number of fused-ring (bicyclic) bond motifs is 1. The van der Waals surface area contributed by atoms with Crippen LogP contribution in [0, 0.1) is 11.7 Å². The maximum absolute atomic E-state index is 13.5. The molecule has 0 bridgehead atoms. The molecular weight excluding hydrogens is 470 g/mol. The van der Waals surface area contributed by atoms with Crippen LogP contribution in [0.5, 0.6) is 0 Å². The van der Waals surface area contributed by atoms with E-state index < -0.39 is 34.7 Å². The number of nitrogens with one attached hydrogen (secondary N) is 2. The third-order valence-corrected chi connectivity index (χ3v) is 5.38. The Kier molecular flexibility index (Phi) is 7.81. The van der Waals surface area contributed by atoms with Crippen LogP contribution in [0.25, 0.3) is 11.2 Å². The Bertz CT molecular complexity index is 1340. The zero-order valence-corrected chi connectivity index (χ0v) is 19.6. The molecule has 0 aliphatic heterocycles. The van der Waals surface area contributed by atoms with E-state index in [0.29, 0.717) is 37.5 Å². The van der Waals surface area contributed by atoms with Crippen LogP contribution < -0.4 is 16.6 Å². The molecule has 0 saturated carbocycles. The predicted molar refractivity (Wildman–Crippen MR) is 123 cm³/mol. The molecular formula is C23H27F4N5O3. The molecule has 190 valence electrons. The highest BCUT2D eigenvalue weighted by Gasteiger charge is 2.34. The quantitative estimate of drug-likeness (QED) is 0.435. The lowest BCUT2D eigenvalue weighted by atomic mass is 10.1. The highest BCUT2D eigenvalue weighted by molar-refractivity contribution is 5.91. The number of alkyl halides is 3. The van der Waals surface area contributed by atoms with Gasteiger partial charge in [-0.3, -0.25) is 19.1 Å². The van der Waals surface area contributed by atoms with Crippen LogP contribution in [-0.2, 0) is 30.5 Å². The number of imidazole rings is 1. The molecule has 2 aromatic heterocycles. The normalized spacial score (nSPS) is 12.0. The number of anilines is 1. The minimum Gasteiger partial charge on any atom is -0.326 e. The molecule has 0 radical (unpaired) electrons. The summed E-state index contributed by atoms with van der Waals surface area (Å²) < 4.78 is 55.4. The first-order valence-corrected chi connectivity index (χ1v) is 11.3. The molecule has 8 nitrogen and oxygen atoms in total. The first kappa shape index (κ1) is 26.2. The van der Waals surface area contributed by atoms with Crippen molar-refractivity contribution in [2.24, 2.45) is 5.92 Å². The molecule has 3 aromatic rings. The summed E-state index contributed by atoms with van der Waals surface area (Å²) >= 11 is 0. The fourth-order valence-corrected chi connectivity index (χ4v) is 3.76. The van der Waals surface area contributed by atoms with E-state index in [1.54, 1.807) is 4.57 Å². The third kappa shape index (κ3) is 5.98. The van der Waals surface area contributed by atoms with Crippen LogP contribution in [-0.4, -0.2) is 25.0 Å². The number of amides is 1. The van der Waals surface area contributed by atoms with E-state index >= 15 is 0 Å². The molecule has 0 spiro atoms. The molecule has 0 saturated heterocycles. The minimum atomic E-state index is -4.90. The molecule has 0 unspecified atom stereocenters. The minimum absolute atomic E-state index is 0.0714. The van der Waals surface area contributed by atoms with Gasteiger partial charge in [-0.05, 0) is 30.5 Å². The van der Waals surface area contributed by atoms with Gasteiger partial charge in [0.25, 0.3) is 5.56 Å². The van der Waals surface area contributed by atoms with Crippen LogP contribution in [0.15, 0.2) is 27.8 Å². The lowest BCUT2D eigenvalue weighted by Crippen LogP contribution is -2.31. The Morgan fingerprint density at radius 2 is 1.91 bits per heavy atom. The average molecular weight is 497 g/mol. The Balaban J connectivity index is 1.89. The van der Waals surface area contributed by atoms with Crippen molar-refractivity contribution in [3.05, 3.63) is 56.2 Å².